The Balaban J connectivity index is 1.97. The molecule has 0 radical (unpaired) electrons. The minimum Gasteiger partial charge on any atom is -0.382 e. The van der Waals surface area contributed by atoms with Crippen molar-refractivity contribution in [3.63, 3.8) is 0 Å². The van der Waals surface area contributed by atoms with Gasteiger partial charge in [0.1, 0.15) is 5.82 Å². The molecule has 0 amide bonds. The number of hydrogen-bond acceptors (Lipinski definition) is 5. The van der Waals surface area contributed by atoms with Gasteiger partial charge in [-0.05, 0) is 30.3 Å². The van der Waals surface area contributed by atoms with Crippen molar-refractivity contribution in [3.05, 3.63) is 42.0 Å². The SMILES string of the molecule is Nc1ncccc1Nc1ccc2ncsc2c1. The monoisotopic (exact) mass is 242 g/mol. The molecule has 1 aromatic carbocycles. The first-order valence-corrected chi connectivity index (χ1v) is 6.02. The van der Waals surface area contributed by atoms with Crippen molar-refractivity contribution < 1.29 is 0 Å². The Morgan fingerprint density at radius 3 is 3.00 bits per heavy atom. The van der Waals surface area contributed by atoms with Gasteiger partial charge in [0.05, 0.1) is 21.4 Å². The van der Waals surface area contributed by atoms with Crippen LogP contribution in [0.25, 0.3) is 10.2 Å². The molecule has 17 heavy (non-hydrogen) atoms. The van der Waals surface area contributed by atoms with E-state index in [1.807, 2.05) is 29.8 Å². The van der Waals surface area contributed by atoms with Crippen LogP contribution in [-0.2, 0) is 0 Å². The van der Waals surface area contributed by atoms with E-state index in [9.17, 15) is 0 Å². The predicted molar refractivity (Wildman–Crippen MR) is 71.6 cm³/mol. The highest BCUT2D eigenvalue weighted by molar-refractivity contribution is 7.16. The van der Waals surface area contributed by atoms with E-state index < -0.39 is 0 Å². The number of aromatic nitrogens is 2. The summed E-state index contributed by atoms with van der Waals surface area (Å²) in [6.07, 6.45) is 1.67. The number of benzene rings is 1. The zero-order valence-corrected chi connectivity index (χ0v) is 9.74. The molecule has 0 unspecified atom stereocenters. The van der Waals surface area contributed by atoms with E-state index in [0.717, 1.165) is 21.6 Å². The van der Waals surface area contributed by atoms with E-state index in [2.05, 4.69) is 21.4 Å². The highest BCUT2D eigenvalue weighted by Crippen LogP contribution is 2.25. The summed E-state index contributed by atoms with van der Waals surface area (Å²) in [6.45, 7) is 0. The number of fused-ring (bicyclic) bond motifs is 1. The molecule has 0 aliphatic heterocycles. The van der Waals surface area contributed by atoms with Crippen LogP contribution in [0.4, 0.5) is 17.2 Å². The molecule has 0 aliphatic carbocycles. The zero-order valence-electron chi connectivity index (χ0n) is 8.92. The first-order chi connectivity index (χ1) is 8.33. The second-order valence-electron chi connectivity index (χ2n) is 3.60. The minimum absolute atomic E-state index is 0.497. The molecule has 0 saturated heterocycles. The molecule has 2 aromatic heterocycles. The van der Waals surface area contributed by atoms with E-state index >= 15 is 0 Å². The van der Waals surface area contributed by atoms with Gasteiger partial charge < -0.3 is 11.1 Å². The Hall–Kier alpha value is -2.14. The van der Waals surface area contributed by atoms with Gasteiger partial charge in [-0.2, -0.15) is 0 Å². The van der Waals surface area contributed by atoms with Crippen molar-refractivity contribution in [2.75, 3.05) is 11.1 Å². The van der Waals surface area contributed by atoms with E-state index in [1.54, 1.807) is 17.5 Å². The number of nitrogen functional groups attached to an aromatic ring is 1. The van der Waals surface area contributed by atoms with Crippen LogP contribution in [-0.4, -0.2) is 9.97 Å². The molecule has 3 rings (SSSR count). The maximum absolute atomic E-state index is 5.78. The summed E-state index contributed by atoms with van der Waals surface area (Å²) < 4.78 is 1.15. The number of thiazole rings is 1. The van der Waals surface area contributed by atoms with Crippen molar-refractivity contribution >= 4 is 38.7 Å². The van der Waals surface area contributed by atoms with Gasteiger partial charge in [0.25, 0.3) is 0 Å². The molecule has 2 heterocycles. The Bertz CT molecular complexity index is 662. The number of nitrogens with two attached hydrogens (primary N) is 1. The third-order valence-electron chi connectivity index (χ3n) is 2.45. The van der Waals surface area contributed by atoms with Crippen molar-refractivity contribution in [2.24, 2.45) is 0 Å². The highest BCUT2D eigenvalue weighted by Gasteiger charge is 2.02. The smallest absolute Gasteiger partial charge is 0.147 e. The zero-order chi connectivity index (χ0) is 11.7. The Morgan fingerprint density at radius 2 is 2.12 bits per heavy atom. The third kappa shape index (κ3) is 1.92. The summed E-state index contributed by atoms with van der Waals surface area (Å²) >= 11 is 1.62. The Morgan fingerprint density at radius 1 is 1.18 bits per heavy atom. The molecule has 0 saturated carbocycles. The summed E-state index contributed by atoms with van der Waals surface area (Å²) in [5, 5.41) is 3.25. The van der Waals surface area contributed by atoms with Gasteiger partial charge in [0, 0.05) is 11.9 Å². The van der Waals surface area contributed by atoms with Gasteiger partial charge in [-0.15, -0.1) is 11.3 Å². The number of nitrogens with one attached hydrogen (secondary N) is 1. The Labute approximate surface area is 102 Å². The van der Waals surface area contributed by atoms with Gasteiger partial charge in [-0.25, -0.2) is 9.97 Å². The fourth-order valence-electron chi connectivity index (χ4n) is 1.61. The van der Waals surface area contributed by atoms with Crippen molar-refractivity contribution in [2.45, 2.75) is 0 Å². The largest absolute Gasteiger partial charge is 0.382 e. The van der Waals surface area contributed by atoms with Gasteiger partial charge in [-0.1, -0.05) is 0 Å². The molecular formula is C12H10N4S. The molecule has 0 aliphatic rings. The van der Waals surface area contributed by atoms with Crippen LogP contribution in [0.3, 0.4) is 0 Å². The molecule has 0 bridgehead atoms. The lowest BCUT2D eigenvalue weighted by atomic mass is 10.3. The second kappa shape index (κ2) is 4.03. The fraction of sp³-hybridized carbons (Fsp3) is 0. The molecule has 3 N–H and O–H groups in total. The maximum atomic E-state index is 5.78. The van der Waals surface area contributed by atoms with Gasteiger partial charge >= 0.3 is 0 Å². The van der Waals surface area contributed by atoms with E-state index in [-0.39, 0.29) is 0 Å². The highest BCUT2D eigenvalue weighted by atomic mass is 32.1. The number of pyridine rings is 1. The van der Waals surface area contributed by atoms with Crippen LogP contribution in [0.15, 0.2) is 42.0 Å². The van der Waals surface area contributed by atoms with Crippen molar-refractivity contribution in [1.29, 1.82) is 0 Å². The summed E-state index contributed by atoms with van der Waals surface area (Å²) in [7, 11) is 0. The van der Waals surface area contributed by atoms with Crippen LogP contribution in [0, 0.1) is 0 Å². The molecular weight excluding hydrogens is 232 g/mol. The molecule has 4 nitrogen and oxygen atoms in total. The molecule has 3 aromatic rings. The standard InChI is InChI=1S/C12H10N4S/c13-12-10(2-1-5-14-12)16-8-3-4-9-11(6-8)17-7-15-9/h1-7,16H,(H2,13,14). The first kappa shape index (κ1) is 10.0. The summed E-state index contributed by atoms with van der Waals surface area (Å²) in [5.41, 5.74) is 10.4. The van der Waals surface area contributed by atoms with Crippen LogP contribution in [0.2, 0.25) is 0 Å². The number of anilines is 3. The lowest BCUT2D eigenvalue weighted by Crippen LogP contribution is -1.97. The average Bonchev–Trinajstić information content (AvgIpc) is 2.79. The number of rotatable bonds is 2. The van der Waals surface area contributed by atoms with Gasteiger partial charge in [0.2, 0.25) is 0 Å². The van der Waals surface area contributed by atoms with Crippen LogP contribution in [0.5, 0.6) is 0 Å². The van der Waals surface area contributed by atoms with Crippen molar-refractivity contribution in [3.8, 4) is 0 Å². The molecule has 5 heteroatoms. The van der Waals surface area contributed by atoms with E-state index in [0.29, 0.717) is 5.82 Å². The third-order valence-corrected chi connectivity index (χ3v) is 3.24. The number of nitrogens with zero attached hydrogens (tertiary/aromatic N) is 2. The molecule has 84 valence electrons. The second-order valence-corrected chi connectivity index (χ2v) is 4.48. The summed E-state index contributed by atoms with van der Waals surface area (Å²) in [4.78, 5) is 8.27. The summed E-state index contributed by atoms with van der Waals surface area (Å²) in [5.74, 6) is 0.497. The maximum Gasteiger partial charge on any atom is 0.147 e. The first-order valence-electron chi connectivity index (χ1n) is 5.14. The minimum atomic E-state index is 0.497. The predicted octanol–water partition coefficient (Wildman–Crippen LogP) is 3.02. The lowest BCUT2D eigenvalue weighted by Gasteiger charge is -2.07. The molecule has 0 spiro atoms. The van der Waals surface area contributed by atoms with Crippen LogP contribution in [0.1, 0.15) is 0 Å². The van der Waals surface area contributed by atoms with Crippen molar-refractivity contribution in [1.82, 2.24) is 9.97 Å². The van der Waals surface area contributed by atoms with Gasteiger partial charge in [0.15, 0.2) is 0 Å². The van der Waals surface area contributed by atoms with Crippen LogP contribution >= 0.6 is 11.3 Å². The number of hydrogen-bond donors (Lipinski definition) is 2. The van der Waals surface area contributed by atoms with Crippen LogP contribution < -0.4 is 11.1 Å². The lowest BCUT2D eigenvalue weighted by molar-refractivity contribution is 1.33. The van der Waals surface area contributed by atoms with E-state index in [1.165, 1.54) is 0 Å². The normalized spacial score (nSPS) is 10.6. The average molecular weight is 242 g/mol. The Kier molecular flexibility index (Phi) is 2.38. The quantitative estimate of drug-likeness (QED) is 0.725. The van der Waals surface area contributed by atoms with E-state index in [4.69, 9.17) is 5.73 Å². The molecule has 0 atom stereocenters. The van der Waals surface area contributed by atoms with Gasteiger partial charge in [-0.3, -0.25) is 0 Å². The molecule has 0 fully saturated rings. The fourth-order valence-corrected chi connectivity index (χ4v) is 2.33. The summed E-state index contributed by atoms with van der Waals surface area (Å²) in [6, 6.07) is 9.78. The topological polar surface area (TPSA) is 63.8 Å².